The molecule has 2 aliphatic rings. The number of hydrogen-bond donors (Lipinski definition) is 2. The van der Waals surface area contributed by atoms with Gasteiger partial charge < -0.3 is 15.4 Å². The second-order valence-electron chi connectivity index (χ2n) is 10.8. The van der Waals surface area contributed by atoms with Crippen molar-refractivity contribution in [2.24, 2.45) is 5.41 Å². The number of halogens is 1. The molecule has 0 radical (unpaired) electrons. The molecule has 1 aliphatic carbocycles. The number of anilines is 3. The lowest BCUT2D eigenvalue weighted by Crippen LogP contribution is -2.41. The largest absolute Gasteiger partial charge is 0.444 e. The van der Waals surface area contributed by atoms with Gasteiger partial charge in [0.1, 0.15) is 12.8 Å². The summed E-state index contributed by atoms with van der Waals surface area (Å²) in [5.41, 5.74) is 3.81. The van der Waals surface area contributed by atoms with E-state index in [1.54, 1.807) is 22.0 Å². The number of rotatable bonds is 9. The normalized spacial score (nSPS) is 17.2. The van der Waals surface area contributed by atoms with Crippen molar-refractivity contribution in [2.75, 3.05) is 23.7 Å². The minimum Gasteiger partial charge on any atom is -0.444 e. The molecule has 6 rings (SSSR count). The zero-order valence-corrected chi connectivity index (χ0v) is 23.8. The molecule has 1 saturated heterocycles. The topological polar surface area (TPSA) is 121 Å². The van der Waals surface area contributed by atoms with E-state index in [0.29, 0.717) is 35.4 Å². The number of ether oxygens (including phenoxy) is 1. The number of nitrogens with one attached hydrogen (secondary N) is 2. The highest BCUT2D eigenvalue weighted by Gasteiger charge is 2.42. The van der Waals surface area contributed by atoms with Crippen LogP contribution in [0.15, 0.2) is 73.2 Å². The molecular weight excluding hydrogens is 552 g/mol. The predicted octanol–water partition coefficient (Wildman–Crippen LogP) is 6.77. The van der Waals surface area contributed by atoms with E-state index in [9.17, 15) is 10.1 Å². The van der Waals surface area contributed by atoms with Crippen molar-refractivity contribution in [3.05, 3.63) is 83.8 Å². The number of piperidine rings is 1. The minimum atomic E-state index is -0.349. The standard InChI is InChI=1S/C31H31ClN8O2/c32-26-17-34-29(38-28(26)23-9-11-24(12-10-23)35-21-31(20-33)13-14-31)37-25-16-36-40(18-25)27-8-4-5-15-39(27)30(41)42-19-22-6-2-1-3-7-22/h1-3,6-7,9-12,16-18,27,35H,4-5,8,13-15,19,21H2,(H,34,37,38). The summed E-state index contributed by atoms with van der Waals surface area (Å²) >= 11 is 6.47. The minimum absolute atomic E-state index is 0.218. The van der Waals surface area contributed by atoms with Crippen LogP contribution in [0.1, 0.15) is 43.8 Å². The Morgan fingerprint density at radius 3 is 2.67 bits per heavy atom. The van der Waals surface area contributed by atoms with Gasteiger partial charge in [-0.2, -0.15) is 10.4 Å². The van der Waals surface area contributed by atoms with Gasteiger partial charge in [-0.3, -0.25) is 4.90 Å². The van der Waals surface area contributed by atoms with E-state index >= 15 is 0 Å². The molecule has 11 heteroatoms. The predicted molar refractivity (Wildman–Crippen MR) is 160 cm³/mol. The van der Waals surface area contributed by atoms with Crippen molar-refractivity contribution in [1.82, 2.24) is 24.6 Å². The lowest BCUT2D eigenvalue weighted by Gasteiger charge is -2.34. The maximum atomic E-state index is 13.0. The molecule has 2 N–H and O–H groups in total. The Labute approximate surface area is 249 Å². The molecule has 3 heterocycles. The van der Waals surface area contributed by atoms with Crippen LogP contribution in [0.4, 0.5) is 22.1 Å². The summed E-state index contributed by atoms with van der Waals surface area (Å²) < 4.78 is 7.40. The summed E-state index contributed by atoms with van der Waals surface area (Å²) in [4.78, 5) is 23.7. The van der Waals surface area contributed by atoms with Crippen molar-refractivity contribution in [2.45, 2.75) is 44.9 Å². The molecule has 1 aliphatic heterocycles. The third kappa shape index (κ3) is 6.31. The van der Waals surface area contributed by atoms with E-state index in [4.69, 9.17) is 16.3 Å². The van der Waals surface area contributed by atoms with Crippen LogP contribution in [0, 0.1) is 16.7 Å². The number of carbonyl (C=O) groups is 1. The number of aromatic nitrogens is 4. The molecule has 0 spiro atoms. The first-order valence-corrected chi connectivity index (χ1v) is 14.5. The van der Waals surface area contributed by atoms with E-state index in [0.717, 1.165) is 48.9 Å². The molecule has 2 aromatic carbocycles. The van der Waals surface area contributed by atoms with E-state index in [1.807, 2.05) is 60.8 Å². The Hall–Kier alpha value is -4.62. The van der Waals surface area contributed by atoms with Crippen molar-refractivity contribution in [3.8, 4) is 17.3 Å². The Morgan fingerprint density at radius 2 is 1.90 bits per heavy atom. The van der Waals surface area contributed by atoms with Gasteiger partial charge in [0.25, 0.3) is 0 Å². The first-order chi connectivity index (χ1) is 20.5. The van der Waals surface area contributed by atoms with Gasteiger partial charge in [0.2, 0.25) is 5.95 Å². The van der Waals surface area contributed by atoms with Gasteiger partial charge in [-0.05, 0) is 49.8 Å². The second-order valence-corrected chi connectivity index (χ2v) is 11.2. The second kappa shape index (κ2) is 12.1. The molecule has 2 aromatic heterocycles. The lowest BCUT2D eigenvalue weighted by molar-refractivity contribution is 0.0439. The fraction of sp³-hybridized carbons (Fsp3) is 0.323. The van der Waals surface area contributed by atoms with Crippen LogP contribution in [-0.2, 0) is 11.3 Å². The van der Waals surface area contributed by atoms with Crippen molar-refractivity contribution in [1.29, 1.82) is 5.26 Å². The zero-order chi connectivity index (χ0) is 28.9. The lowest BCUT2D eigenvalue weighted by atomic mass is 10.1. The molecule has 214 valence electrons. The summed E-state index contributed by atoms with van der Waals surface area (Å²) in [6.45, 7) is 1.48. The van der Waals surface area contributed by atoms with Gasteiger partial charge in [0.15, 0.2) is 0 Å². The average molecular weight is 583 g/mol. The van der Waals surface area contributed by atoms with E-state index in [1.165, 1.54) is 0 Å². The number of hydrogen-bond acceptors (Lipinski definition) is 8. The van der Waals surface area contributed by atoms with E-state index in [-0.39, 0.29) is 24.3 Å². The fourth-order valence-electron chi connectivity index (χ4n) is 5.02. The monoisotopic (exact) mass is 582 g/mol. The highest BCUT2D eigenvalue weighted by molar-refractivity contribution is 6.32. The number of amides is 1. The van der Waals surface area contributed by atoms with Gasteiger partial charge in [-0.1, -0.05) is 54.1 Å². The smallest absolute Gasteiger partial charge is 0.411 e. The molecule has 1 saturated carbocycles. The van der Waals surface area contributed by atoms with E-state index in [2.05, 4.69) is 31.8 Å². The van der Waals surface area contributed by atoms with Crippen LogP contribution < -0.4 is 10.6 Å². The van der Waals surface area contributed by atoms with Crippen molar-refractivity contribution in [3.63, 3.8) is 0 Å². The van der Waals surface area contributed by atoms with Crippen molar-refractivity contribution < 1.29 is 9.53 Å². The molecule has 0 bridgehead atoms. The molecule has 1 atom stereocenters. The molecule has 1 amide bonds. The summed E-state index contributed by atoms with van der Waals surface area (Å²) in [6.07, 6.45) is 9.10. The molecule has 1 unspecified atom stereocenters. The highest BCUT2D eigenvalue weighted by Crippen LogP contribution is 2.44. The van der Waals surface area contributed by atoms with Gasteiger partial charge in [0, 0.05) is 24.3 Å². The summed E-state index contributed by atoms with van der Waals surface area (Å²) in [5, 5.41) is 20.8. The highest BCUT2D eigenvalue weighted by atomic mass is 35.5. The first-order valence-electron chi connectivity index (χ1n) is 14.1. The SMILES string of the molecule is N#CC1(CNc2ccc(-c3nc(Nc4cnn(C5CCCCN5C(=O)OCc5ccccc5)c4)ncc3Cl)cc2)CC1. The van der Waals surface area contributed by atoms with Crippen molar-refractivity contribution >= 4 is 35.0 Å². The molecule has 4 aromatic rings. The van der Waals surface area contributed by atoms with Crippen LogP contribution >= 0.6 is 11.6 Å². The van der Waals surface area contributed by atoms with Crippen LogP contribution in [0.2, 0.25) is 5.02 Å². The summed E-state index contributed by atoms with van der Waals surface area (Å²) in [7, 11) is 0. The van der Waals surface area contributed by atoms with Gasteiger partial charge in [0.05, 0.1) is 46.5 Å². The Balaban J connectivity index is 1.11. The molecule has 2 fully saturated rings. The number of benzene rings is 2. The first kappa shape index (κ1) is 27.5. The number of carbonyl (C=O) groups excluding carboxylic acids is 1. The number of nitrogens with zero attached hydrogens (tertiary/aromatic N) is 6. The maximum Gasteiger partial charge on any atom is 0.411 e. The summed E-state index contributed by atoms with van der Waals surface area (Å²) in [5.74, 6) is 0.378. The summed E-state index contributed by atoms with van der Waals surface area (Å²) in [6, 6.07) is 19.9. The average Bonchev–Trinajstić information content (AvgIpc) is 3.68. The molecule has 42 heavy (non-hydrogen) atoms. The van der Waals surface area contributed by atoms with Crippen LogP contribution in [-0.4, -0.2) is 43.8 Å². The Morgan fingerprint density at radius 1 is 1.10 bits per heavy atom. The van der Waals surface area contributed by atoms with Crippen LogP contribution in [0.25, 0.3) is 11.3 Å². The number of nitriles is 1. The van der Waals surface area contributed by atoms with Gasteiger partial charge in [-0.25, -0.2) is 19.4 Å². The van der Waals surface area contributed by atoms with Gasteiger partial charge >= 0.3 is 6.09 Å². The van der Waals surface area contributed by atoms with Crippen LogP contribution in [0.3, 0.4) is 0 Å². The fourth-order valence-corrected chi connectivity index (χ4v) is 5.23. The van der Waals surface area contributed by atoms with Crippen LogP contribution in [0.5, 0.6) is 0 Å². The zero-order valence-electron chi connectivity index (χ0n) is 23.0. The number of likely N-dealkylation sites (tertiary alicyclic amines) is 1. The Bertz CT molecular complexity index is 1580. The third-order valence-electron chi connectivity index (χ3n) is 7.70. The molecular formula is C31H31ClN8O2. The maximum absolute atomic E-state index is 13.0. The molecule has 10 nitrogen and oxygen atoms in total. The Kier molecular flexibility index (Phi) is 7.93. The quantitative estimate of drug-likeness (QED) is 0.222. The van der Waals surface area contributed by atoms with Gasteiger partial charge in [-0.15, -0.1) is 0 Å². The third-order valence-corrected chi connectivity index (χ3v) is 7.97. The van der Waals surface area contributed by atoms with E-state index < -0.39 is 0 Å².